The zero-order valence-electron chi connectivity index (χ0n) is 9.54. The van der Waals surface area contributed by atoms with Gasteiger partial charge in [0.25, 0.3) is 0 Å². The van der Waals surface area contributed by atoms with Gasteiger partial charge in [0.2, 0.25) is 0 Å². The molecule has 2 aliphatic heterocycles. The molecule has 1 unspecified atom stereocenters. The highest BCUT2D eigenvalue weighted by atomic mass is 32.2. The maximum atomic E-state index is 4.44. The number of likely N-dealkylation sites (tertiary alicyclic amines) is 1. The summed E-state index contributed by atoms with van der Waals surface area (Å²) in [6.07, 6.45) is 4.04. The summed E-state index contributed by atoms with van der Waals surface area (Å²) in [6, 6.07) is 0. The number of aliphatic imine (C=N–C) groups is 1. The van der Waals surface area contributed by atoms with E-state index in [1.165, 1.54) is 38.9 Å². The molecule has 1 fully saturated rings. The van der Waals surface area contributed by atoms with Crippen molar-refractivity contribution in [1.82, 2.24) is 10.2 Å². The molecule has 2 aliphatic rings. The van der Waals surface area contributed by atoms with E-state index < -0.39 is 0 Å². The van der Waals surface area contributed by atoms with E-state index in [9.17, 15) is 0 Å². The summed E-state index contributed by atoms with van der Waals surface area (Å²) in [5.74, 6) is 0. The molecule has 2 heterocycles. The van der Waals surface area contributed by atoms with E-state index in [-0.39, 0.29) is 0 Å². The number of nitrogens with one attached hydrogen (secondary N) is 1. The summed E-state index contributed by atoms with van der Waals surface area (Å²) >= 11 is 1.87. The van der Waals surface area contributed by atoms with Gasteiger partial charge in [0, 0.05) is 11.8 Å². The van der Waals surface area contributed by atoms with Crippen molar-refractivity contribution in [3.63, 3.8) is 0 Å². The second-order valence-electron chi connectivity index (χ2n) is 4.40. The number of thioether (sulfide) groups is 1. The molecule has 1 N–H and O–H groups in total. The minimum Gasteiger partial charge on any atom is -0.365 e. The molecule has 15 heavy (non-hydrogen) atoms. The molecule has 0 aromatic carbocycles. The lowest BCUT2D eigenvalue weighted by molar-refractivity contribution is 0.334. The Labute approximate surface area is 96.7 Å². The number of hydrogen-bond donors (Lipinski definition) is 1. The van der Waals surface area contributed by atoms with Gasteiger partial charge in [-0.25, -0.2) is 0 Å². The first-order valence-electron chi connectivity index (χ1n) is 6.02. The van der Waals surface area contributed by atoms with Crippen LogP contribution in [0.4, 0.5) is 0 Å². The fraction of sp³-hybridized carbons (Fsp3) is 0.909. The Morgan fingerprint density at radius 3 is 2.93 bits per heavy atom. The van der Waals surface area contributed by atoms with Crippen LogP contribution in [0.5, 0.6) is 0 Å². The van der Waals surface area contributed by atoms with Gasteiger partial charge < -0.3 is 10.2 Å². The van der Waals surface area contributed by atoms with Crippen LogP contribution < -0.4 is 5.32 Å². The maximum absolute atomic E-state index is 4.44. The Balaban J connectivity index is 1.51. The number of hydrogen-bond acceptors (Lipinski definition) is 4. The maximum Gasteiger partial charge on any atom is 0.156 e. The summed E-state index contributed by atoms with van der Waals surface area (Å²) < 4.78 is 0. The van der Waals surface area contributed by atoms with E-state index >= 15 is 0 Å². The predicted molar refractivity (Wildman–Crippen MR) is 67.6 cm³/mol. The third kappa shape index (κ3) is 3.68. The molecule has 0 bridgehead atoms. The summed E-state index contributed by atoms with van der Waals surface area (Å²) in [5, 5.41) is 5.25. The van der Waals surface area contributed by atoms with Crippen LogP contribution in [0.25, 0.3) is 0 Å². The lowest BCUT2D eigenvalue weighted by Gasteiger charge is -2.14. The average molecular weight is 227 g/mol. The van der Waals surface area contributed by atoms with E-state index in [2.05, 4.69) is 22.1 Å². The van der Waals surface area contributed by atoms with Gasteiger partial charge in [0.1, 0.15) is 0 Å². The first-order valence-corrected chi connectivity index (χ1v) is 6.90. The highest BCUT2D eigenvalue weighted by Gasteiger charge is 2.14. The summed E-state index contributed by atoms with van der Waals surface area (Å²) in [7, 11) is 0. The van der Waals surface area contributed by atoms with E-state index in [1.807, 2.05) is 11.8 Å². The van der Waals surface area contributed by atoms with Crippen molar-refractivity contribution in [2.75, 3.05) is 32.7 Å². The van der Waals surface area contributed by atoms with Crippen LogP contribution in [0, 0.1) is 0 Å². The van der Waals surface area contributed by atoms with Crippen LogP contribution >= 0.6 is 11.8 Å². The van der Waals surface area contributed by atoms with Crippen molar-refractivity contribution in [1.29, 1.82) is 0 Å². The van der Waals surface area contributed by atoms with E-state index in [4.69, 9.17) is 0 Å². The molecule has 1 atom stereocenters. The van der Waals surface area contributed by atoms with Gasteiger partial charge in [-0.15, -0.1) is 0 Å². The van der Waals surface area contributed by atoms with Crippen LogP contribution in [0.1, 0.15) is 26.2 Å². The molecule has 0 saturated carbocycles. The largest absolute Gasteiger partial charge is 0.365 e. The van der Waals surface area contributed by atoms with Gasteiger partial charge in [-0.2, -0.15) is 0 Å². The first kappa shape index (κ1) is 11.3. The second kappa shape index (κ2) is 5.75. The number of nitrogens with zero attached hydrogens (tertiary/aromatic N) is 2. The van der Waals surface area contributed by atoms with E-state index in [0.717, 1.165) is 18.3 Å². The molecular formula is C11H21N3S. The average Bonchev–Trinajstić information content (AvgIpc) is 2.84. The van der Waals surface area contributed by atoms with E-state index in [1.54, 1.807) is 0 Å². The normalized spacial score (nSPS) is 27.0. The minimum absolute atomic E-state index is 0.672. The van der Waals surface area contributed by atoms with Crippen LogP contribution in [0.3, 0.4) is 0 Å². The van der Waals surface area contributed by atoms with Gasteiger partial charge in [-0.05, 0) is 38.9 Å². The SMILES string of the molecule is CC1CN=C(NCCCN2CCCC2)S1. The molecule has 0 spiro atoms. The van der Waals surface area contributed by atoms with Crippen molar-refractivity contribution in [3.8, 4) is 0 Å². The topological polar surface area (TPSA) is 27.6 Å². The van der Waals surface area contributed by atoms with Crippen molar-refractivity contribution in [2.24, 2.45) is 4.99 Å². The molecule has 0 aliphatic carbocycles. The van der Waals surface area contributed by atoms with Gasteiger partial charge >= 0.3 is 0 Å². The molecule has 1 saturated heterocycles. The lowest BCUT2D eigenvalue weighted by atomic mass is 10.4. The third-order valence-corrected chi connectivity index (χ3v) is 3.98. The highest BCUT2D eigenvalue weighted by Crippen LogP contribution is 2.18. The van der Waals surface area contributed by atoms with Crippen molar-refractivity contribution in [3.05, 3.63) is 0 Å². The Kier molecular flexibility index (Phi) is 4.32. The van der Waals surface area contributed by atoms with Crippen LogP contribution in [-0.4, -0.2) is 48.0 Å². The number of amidine groups is 1. The molecule has 86 valence electrons. The Bertz CT molecular complexity index is 224. The molecule has 0 radical (unpaired) electrons. The zero-order chi connectivity index (χ0) is 10.5. The molecule has 3 nitrogen and oxygen atoms in total. The smallest absolute Gasteiger partial charge is 0.156 e. The number of rotatable bonds is 4. The lowest BCUT2D eigenvalue weighted by Crippen LogP contribution is -2.26. The van der Waals surface area contributed by atoms with Crippen molar-refractivity contribution in [2.45, 2.75) is 31.4 Å². The summed E-state index contributed by atoms with van der Waals surface area (Å²) in [4.78, 5) is 7.00. The summed E-state index contributed by atoms with van der Waals surface area (Å²) in [6.45, 7) is 8.17. The summed E-state index contributed by atoms with van der Waals surface area (Å²) in [5.41, 5.74) is 0. The molecule has 4 heteroatoms. The third-order valence-electron chi connectivity index (χ3n) is 2.93. The van der Waals surface area contributed by atoms with Gasteiger partial charge in [0.05, 0.1) is 6.54 Å². The first-order chi connectivity index (χ1) is 7.34. The Morgan fingerprint density at radius 1 is 1.47 bits per heavy atom. The van der Waals surface area contributed by atoms with Crippen LogP contribution in [0.15, 0.2) is 4.99 Å². The molecule has 0 aromatic heterocycles. The molecule has 0 amide bonds. The van der Waals surface area contributed by atoms with Crippen molar-refractivity contribution >= 4 is 16.9 Å². The minimum atomic E-state index is 0.672. The van der Waals surface area contributed by atoms with Crippen LogP contribution in [0.2, 0.25) is 0 Å². The van der Waals surface area contributed by atoms with Gasteiger partial charge in [-0.3, -0.25) is 4.99 Å². The second-order valence-corrected chi connectivity index (χ2v) is 5.83. The zero-order valence-corrected chi connectivity index (χ0v) is 10.4. The van der Waals surface area contributed by atoms with Crippen LogP contribution in [-0.2, 0) is 0 Å². The van der Waals surface area contributed by atoms with Gasteiger partial charge in [0.15, 0.2) is 5.17 Å². The predicted octanol–water partition coefficient (Wildman–Crippen LogP) is 1.55. The van der Waals surface area contributed by atoms with Gasteiger partial charge in [-0.1, -0.05) is 18.7 Å². The fourth-order valence-corrected chi connectivity index (χ4v) is 2.94. The van der Waals surface area contributed by atoms with E-state index in [0.29, 0.717) is 5.25 Å². The molecule has 0 aromatic rings. The van der Waals surface area contributed by atoms with Crippen molar-refractivity contribution < 1.29 is 0 Å². The fourth-order valence-electron chi connectivity index (χ4n) is 2.08. The quantitative estimate of drug-likeness (QED) is 0.739. The highest BCUT2D eigenvalue weighted by molar-refractivity contribution is 8.14. The standard InChI is InChI=1S/C11H21N3S/c1-10-9-13-11(15-10)12-5-4-8-14-6-2-3-7-14/h10H,2-9H2,1H3,(H,12,13). The Morgan fingerprint density at radius 2 is 2.27 bits per heavy atom. The monoisotopic (exact) mass is 227 g/mol. The Hall–Kier alpha value is -0.220. The molecular weight excluding hydrogens is 206 g/mol. The molecule has 2 rings (SSSR count).